The molecule has 1 heterocycles. The fourth-order valence-corrected chi connectivity index (χ4v) is 3.17. The Morgan fingerprint density at radius 2 is 2.00 bits per heavy atom. The Labute approximate surface area is 162 Å². The molecule has 146 valence electrons. The molecule has 0 unspecified atom stereocenters. The molecule has 0 saturated carbocycles. The SMILES string of the molecule is CC[C@@]1(c2ccccc2)OC(COc2ccc(C)cc2[N+](=O)[O-])=NN1C(C)=O. The summed E-state index contributed by atoms with van der Waals surface area (Å²) in [6.45, 7) is 4.94. The lowest BCUT2D eigenvalue weighted by Gasteiger charge is -2.33. The van der Waals surface area contributed by atoms with Gasteiger partial charge in [-0.25, -0.2) is 0 Å². The molecule has 1 aliphatic heterocycles. The van der Waals surface area contributed by atoms with Gasteiger partial charge in [0.25, 0.3) is 0 Å². The molecule has 2 aromatic rings. The predicted molar refractivity (Wildman–Crippen MR) is 103 cm³/mol. The monoisotopic (exact) mass is 383 g/mol. The lowest BCUT2D eigenvalue weighted by Crippen LogP contribution is -2.43. The first kappa shape index (κ1) is 19.3. The van der Waals surface area contributed by atoms with E-state index in [4.69, 9.17) is 9.47 Å². The van der Waals surface area contributed by atoms with Gasteiger partial charge in [0.15, 0.2) is 12.4 Å². The molecule has 0 saturated heterocycles. The summed E-state index contributed by atoms with van der Waals surface area (Å²) in [5.41, 5.74) is 0.343. The number of aryl methyl sites for hydroxylation is 1. The minimum atomic E-state index is -1.06. The molecule has 0 aromatic heterocycles. The van der Waals surface area contributed by atoms with Crippen molar-refractivity contribution in [2.24, 2.45) is 5.10 Å². The number of amides is 1. The van der Waals surface area contributed by atoms with Gasteiger partial charge in [-0.05, 0) is 18.6 Å². The number of nitro benzene ring substituents is 1. The largest absolute Gasteiger partial charge is 0.477 e. The third-order valence-corrected chi connectivity index (χ3v) is 4.50. The Hall–Kier alpha value is -3.42. The van der Waals surface area contributed by atoms with E-state index < -0.39 is 10.6 Å². The fraction of sp³-hybridized carbons (Fsp3) is 0.300. The average Bonchev–Trinajstić information content (AvgIpc) is 3.08. The molecule has 28 heavy (non-hydrogen) atoms. The molecule has 1 amide bonds. The molecule has 1 atom stereocenters. The van der Waals surface area contributed by atoms with Crippen molar-refractivity contribution in [2.75, 3.05) is 6.61 Å². The van der Waals surface area contributed by atoms with Gasteiger partial charge in [-0.15, -0.1) is 5.10 Å². The Morgan fingerprint density at radius 3 is 2.61 bits per heavy atom. The summed E-state index contributed by atoms with van der Waals surface area (Å²) >= 11 is 0. The van der Waals surface area contributed by atoms with Crippen molar-refractivity contribution in [3.63, 3.8) is 0 Å². The average molecular weight is 383 g/mol. The second-order valence-electron chi connectivity index (χ2n) is 6.45. The molecule has 8 nitrogen and oxygen atoms in total. The van der Waals surface area contributed by atoms with Gasteiger partial charge in [0, 0.05) is 25.0 Å². The lowest BCUT2D eigenvalue weighted by atomic mass is 9.99. The van der Waals surface area contributed by atoms with Crippen LogP contribution in [0.3, 0.4) is 0 Å². The van der Waals surface area contributed by atoms with Crippen molar-refractivity contribution < 1.29 is 19.2 Å². The molecule has 0 N–H and O–H groups in total. The van der Waals surface area contributed by atoms with Gasteiger partial charge in [0.2, 0.25) is 17.5 Å². The van der Waals surface area contributed by atoms with Gasteiger partial charge in [-0.3, -0.25) is 14.9 Å². The first-order valence-electron chi connectivity index (χ1n) is 8.88. The van der Waals surface area contributed by atoms with Crippen LogP contribution in [0.2, 0.25) is 0 Å². The Morgan fingerprint density at radius 1 is 1.29 bits per heavy atom. The van der Waals surface area contributed by atoms with Crippen LogP contribution in [0.15, 0.2) is 53.6 Å². The summed E-state index contributed by atoms with van der Waals surface area (Å²) in [6.07, 6.45) is 0.467. The molecule has 0 aliphatic carbocycles. The van der Waals surface area contributed by atoms with Crippen LogP contribution in [0.1, 0.15) is 31.4 Å². The predicted octanol–water partition coefficient (Wildman–Crippen LogP) is 3.74. The summed E-state index contributed by atoms with van der Waals surface area (Å²) in [5, 5.41) is 16.8. The molecule has 2 aromatic carbocycles. The maximum absolute atomic E-state index is 12.2. The molecule has 3 rings (SSSR count). The number of rotatable bonds is 6. The minimum Gasteiger partial charge on any atom is -0.477 e. The van der Waals surface area contributed by atoms with Gasteiger partial charge in [0.1, 0.15) is 0 Å². The van der Waals surface area contributed by atoms with Crippen LogP contribution in [-0.2, 0) is 15.3 Å². The van der Waals surface area contributed by atoms with Gasteiger partial charge < -0.3 is 9.47 Å². The zero-order valence-electron chi connectivity index (χ0n) is 15.9. The molecule has 0 radical (unpaired) electrons. The first-order valence-corrected chi connectivity index (χ1v) is 8.88. The van der Waals surface area contributed by atoms with E-state index in [0.29, 0.717) is 6.42 Å². The highest BCUT2D eigenvalue weighted by Crippen LogP contribution is 2.38. The number of hydrogen-bond donors (Lipinski definition) is 0. The smallest absolute Gasteiger partial charge is 0.311 e. The second kappa shape index (κ2) is 7.67. The van der Waals surface area contributed by atoms with Crippen LogP contribution in [0.25, 0.3) is 0 Å². The van der Waals surface area contributed by atoms with Crippen LogP contribution in [0.4, 0.5) is 5.69 Å². The van der Waals surface area contributed by atoms with Crippen LogP contribution in [0, 0.1) is 17.0 Å². The van der Waals surface area contributed by atoms with Gasteiger partial charge >= 0.3 is 5.69 Å². The minimum absolute atomic E-state index is 0.116. The standard InChI is InChI=1S/C20H21N3O5/c1-4-20(16-8-6-5-7-9-16)22(15(3)24)21-19(28-20)13-27-18-11-10-14(2)12-17(18)23(25)26/h5-12H,4,13H2,1-3H3/t20-/m0/s1. The third kappa shape index (κ3) is 3.53. The van der Waals surface area contributed by atoms with Crippen molar-refractivity contribution in [1.29, 1.82) is 0 Å². The van der Waals surface area contributed by atoms with Crippen molar-refractivity contribution in [3.8, 4) is 5.75 Å². The van der Waals surface area contributed by atoms with E-state index in [0.717, 1.165) is 11.1 Å². The zero-order chi connectivity index (χ0) is 20.3. The second-order valence-corrected chi connectivity index (χ2v) is 6.45. The van der Waals surface area contributed by atoms with Crippen LogP contribution in [-0.4, -0.2) is 28.3 Å². The quantitative estimate of drug-likeness (QED) is 0.559. The van der Waals surface area contributed by atoms with Crippen molar-refractivity contribution in [2.45, 2.75) is 32.9 Å². The Kier molecular flexibility index (Phi) is 5.30. The van der Waals surface area contributed by atoms with Crippen molar-refractivity contribution in [3.05, 3.63) is 69.8 Å². The van der Waals surface area contributed by atoms with Crippen LogP contribution < -0.4 is 4.74 Å². The first-order chi connectivity index (χ1) is 13.4. The number of carbonyl (C=O) groups is 1. The number of carbonyl (C=O) groups excluding carboxylic acids is 1. The van der Waals surface area contributed by atoms with Gasteiger partial charge in [-0.2, -0.15) is 5.01 Å². The van der Waals surface area contributed by atoms with E-state index in [-0.39, 0.29) is 29.8 Å². The van der Waals surface area contributed by atoms with Crippen molar-refractivity contribution in [1.82, 2.24) is 5.01 Å². The number of nitro groups is 1. The van der Waals surface area contributed by atoms with E-state index in [1.54, 1.807) is 13.0 Å². The maximum atomic E-state index is 12.2. The summed E-state index contributed by atoms with van der Waals surface area (Å²) in [6, 6.07) is 14.0. The number of hydrogen-bond acceptors (Lipinski definition) is 6. The van der Waals surface area contributed by atoms with E-state index in [1.165, 1.54) is 24.1 Å². The number of benzene rings is 2. The Bertz CT molecular complexity index is 929. The summed E-state index contributed by atoms with van der Waals surface area (Å²) < 4.78 is 11.7. The summed E-state index contributed by atoms with van der Waals surface area (Å²) in [7, 11) is 0. The van der Waals surface area contributed by atoms with E-state index in [9.17, 15) is 14.9 Å². The highest BCUT2D eigenvalue weighted by atomic mass is 16.6. The summed E-state index contributed by atoms with van der Waals surface area (Å²) in [4.78, 5) is 23.0. The van der Waals surface area contributed by atoms with Gasteiger partial charge in [0.05, 0.1) is 4.92 Å². The van der Waals surface area contributed by atoms with E-state index >= 15 is 0 Å². The number of hydrazone groups is 1. The van der Waals surface area contributed by atoms with E-state index in [1.807, 2.05) is 37.3 Å². The topological polar surface area (TPSA) is 94.3 Å². The molecular formula is C20H21N3O5. The van der Waals surface area contributed by atoms with Crippen molar-refractivity contribution >= 4 is 17.5 Å². The molecule has 1 aliphatic rings. The molecular weight excluding hydrogens is 362 g/mol. The third-order valence-electron chi connectivity index (χ3n) is 4.50. The lowest BCUT2D eigenvalue weighted by molar-refractivity contribution is -0.385. The van der Waals surface area contributed by atoms with Crippen LogP contribution >= 0.6 is 0 Å². The number of ether oxygens (including phenoxy) is 2. The normalized spacial score (nSPS) is 18.4. The molecule has 0 spiro atoms. The van der Waals surface area contributed by atoms with Crippen LogP contribution in [0.5, 0.6) is 5.75 Å². The molecule has 8 heteroatoms. The molecule has 0 fully saturated rings. The van der Waals surface area contributed by atoms with Gasteiger partial charge in [-0.1, -0.05) is 43.3 Å². The fourth-order valence-electron chi connectivity index (χ4n) is 3.17. The Balaban J connectivity index is 1.86. The highest BCUT2D eigenvalue weighted by Gasteiger charge is 2.47. The summed E-state index contributed by atoms with van der Waals surface area (Å²) in [5.74, 6) is 0.0165. The number of nitrogens with zero attached hydrogens (tertiary/aromatic N) is 3. The molecule has 0 bridgehead atoms. The van der Waals surface area contributed by atoms with E-state index in [2.05, 4.69) is 5.10 Å². The maximum Gasteiger partial charge on any atom is 0.311 e. The highest BCUT2D eigenvalue weighted by molar-refractivity contribution is 5.84. The zero-order valence-corrected chi connectivity index (χ0v) is 15.9.